The third kappa shape index (κ3) is 27.5. The van der Waals surface area contributed by atoms with E-state index in [9.17, 15) is 62.3 Å². The van der Waals surface area contributed by atoms with Gasteiger partial charge in [0.15, 0.2) is 5.96 Å². The molecule has 524 valence electrons. The molecule has 2 aromatic carbocycles. The fourth-order valence-corrected chi connectivity index (χ4v) is 11.5. The molecule has 95 heavy (non-hydrogen) atoms. The van der Waals surface area contributed by atoms with Crippen molar-refractivity contribution in [3.63, 3.8) is 0 Å². The van der Waals surface area contributed by atoms with Crippen molar-refractivity contribution in [3.05, 3.63) is 71.8 Å². The summed E-state index contributed by atoms with van der Waals surface area (Å²) in [5.74, 6) is -9.80. The monoisotopic (exact) mass is 1350 g/mol. The second-order valence-corrected chi connectivity index (χ2v) is 25.1. The molecule has 0 radical (unpaired) electrons. The molecule has 0 unspecified atom stereocenters. The lowest BCUT2D eigenvalue weighted by atomic mass is 10.0. The standard InChI is InChI=1S/C63H98N18O13S/c1-37(2)33-45(57(89)74-41(53(68)85)27-32-95-3)73-52(84)36-72-54(86)46(34-38-15-6-4-7-16-38)78-58(90)47(35-39-17-8-5-9-18-39)79-56(88)42(23-25-50(66)82)75-55(87)43(24-26-51(67)83)76-59(91)49-22-14-31-81(49)62(94)44(20-10-11-28-64)77-60(92)48-21-13-30-80(48)61(93)40(65)19-12-29-71-63(69)70/h4-9,15-18,37,40-49H,10-14,19-36,64-65H2,1-3H3,(H2,66,82)(H2,67,83)(H2,68,85)(H,72,86)(H,73,84)(H,74,89)(H,75,87)(H,76,91)(H,77,92)(H,78,90)(H,79,88)(H4,69,70,71)/t40-,41+,42-,43-,44+,45-,46+,47-,48+,49+/m1/s1. The van der Waals surface area contributed by atoms with Gasteiger partial charge in [-0.05, 0) is 119 Å². The number of primary amides is 3. The molecule has 2 fully saturated rings. The van der Waals surface area contributed by atoms with Crippen LogP contribution in [0.2, 0.25) is 0 Å². The number of benzene rings is 2. The molecule has 0 spiro atoms. The van der Waals surface area contributed by atoms with Crippen LogP contribution in [0.15, 0.2) is 65.7 Å². The van der Waals surface area contributed by atoms with Crippen LogP contribution in [0.5, 0.6) is 0 Å². The molecule has 0 aliphatic carbocycles. The summed E-state index contributed by atoms with van der Waals surface area (Å²) >= 11 is 1.45. The first-order valence-corrected chi connectivity index (χ1v) is 33.6. The number of unbranched alkanes of at least 4 members (excludes halogenated alkanes) is 1. The largest absolute Gasteiger partial charge is 0.370 e. The molecular weight excluding hydrogens is 1250 g/mol. The first kappa shape index (κ1) is 78.5. The van der Waals surface area contributed by atoms with Gasteiger partial charge in [0, 0.05) is 45.3 Å². The average Bonchev–Trinajstić information content (AvgIpc) is 1.74. The molecule has 2 aromatic rings. The van der Waals surface area contributed by atoms with Gasteiger partial charge in [-0.15, -0.1) is 0 Å². The molecule has 22 N–H and O–H groups in total. The fraction of sp³-hybridized carbons (Fsp3) is 0.587. The lowest BCUT2D eigenvalue weighted by molar-refractivity contribution is -0.144. The Morgan fingerprint density at radius 3 is 1.51 bits per heavy atom. The highest BCUT2D eigenvalue weighted by Gasteiger charge is 2.42. The van der Waals surface area contributed by atoms with Crippen molar-refractivity contribution >= 4 is 94.5 Å². The molecule has 0 bridgehead atoms. The maximum atomic E-state index is 14.7. The molecule has 32 heteroatoms. The van der Waals surface area contributed by atoms with Crippen molar-refractivity contribution in [2.24, 2.45) is 51.0 Å². The third-order valence-electron chi connectivity index (χ3n) is 16.0. The highest BCUT2D eigenvalue weighted by molar-refractivity contribution is 7.98. The van der Waals surface area contributed by atoms with Gasteiger partial charge in [0.1, 0.15) is 54.4 Å². The summed E-state index contributed by atoms with van der Waals surface area (Å²) in [5, 5.41) is 21.1. The number of carbonyl (C=O) groups excluding carboxylic acids is 13. The summed E-state index contributed by atoms with van der Waals surface area (Å²) in [6, 6.07) is 4.51. The second kappa shape index (κ2) is 41.0. The van der Waals surface area contributed by atoms with Gasteiger partial charge < -0.3 is 92.5 Å². The van der Waals surface area contributed by atoms with Crippen LogP contribution in [0.3, 0.4) is 0 Å². The molecule has 31 nitrogen and oxygen atoms in total. The first-order chi connectivity index (χ1) is 45.2. The summed E-state index contributed by atoms with van der Waals surface area (Å²) in [6.07, 6.45) is 3.12. The topological polar surface area (TPSA) is 519 Å². The third-order valence-corrected chi connectivity index (χ3v) is 16.7. The van der Waals surface area contributed by atoms with Crippen LogP contribution in [0.25, 0.3) is 0 Å². The van der Waals surface area contributed by atoms with E-state index in [-0.39, 0.29) is 83.0 Å². The first-order valence-electron chi connectivity index (χ1n) is 32.2. The minimum Gasteiger partial charge on any atom is -0.370 e. The average molecular weight is 1350 g/mol. The van der Waals surface area contributed by atoms with E-state index >= 15 is 0 Å². The van der Waals surface area contributed by atoms with Crippen LogP contribution in [0.1, 0.15) is 121 Å². The van der Waals surface area contributed by atoms with Gasteiger partial charge in [-0.3, -0.25) is 67.3 Å². The number of guanidine groups is 1. The van der Waals surface area contributed by atoms with Gasteiger partial charge in [-0.25, -0.2) is 0 Å². The van der Waals surface area contributed by atoms with Crippen LogP contribution >= 0.6 is 11.8 Å². The number of rotatable bonds is 42. The van der Waals surface area contributed by atoms with Gasteiger partial charge in [0.05, 0.1) is 12.6 Å². The molecule has 2 heterocycles. The zero-order valence-corrected chi connectivity index (χ0v) is 55.3. The number of nitrogens with one attached hydrogen (secondary N) is 8. The summed E-state index contributed by atoms with van der Waals surface area (Å²) in [5.41, 5.74) is 40.6. The molecule has 4 rings (SSSR count). The summed E-state index contributed by atoms with van der Waals surface area (Å²) in [4.78, 5) is 185. The maximum Gasteiger partial charge on any atom is 0.245 e. The molecular formula is C63H98N18O13S. The van der Waals surface area contributed by atoms with E-state index < -0.39 is 169 Å². The van der Waals surface area contributed by atoms with Gasteiger partial charge in [-0.2, -0.15) is 11.8 Å². The predicted octanol–water partition coefficient (Wildman–Crippen LogP) is -3.71. The van der Waals surface area contributed by atoms with E-state index in [1.165, 1.54) is 21.6 Å². The summed E-state index contributed by atoms with van der Waals surface area (Å²) < 4.78 is 0. The molecule has 0 saturated carbocycles. The SMILES string of the molecule is CSCC[C@H](NC(=O)[C@@H](CC(C)C)NC(=O)CNC(=O)[C@H](Cc1ccccc1)NC(=O)[C@@H](Cc1ccccc1)NC(=O)[C@@H](CCC(N)=O)NC(=O)[C@@H](CCC(N)=O)NC(=O)[C@@H]1CCCN1C(=O)[C@H](CCCCN)NC(=O)[C@@H]1CCCN1C(=O)[C@H](N)CCCN=C(N)N)C(N)=O. The molecule has 10 atom stereocenters. The number of hydrogen-bond acceptors (Lipinski definition) is 17. The molecule has 2 saturated heterocycles. The normalized spacial score (nSPS) is 16.8. The van der Waals surface area contributed by atoms with E-state index in [0.717, 1.165) is 0 Å². The predicted molar refractivity (Wildman–Crippen MR) is 356 cm³/mol. The van der Waals surface area contributed by atoms with E-state index in [1.54, 1.807) is 60.7 Å². The number of hydrogen-bond donors (Lipinski definition) is 15. The van der Waals surface area contributed by atoms with Crippen molar-refractivity contribution in [3.8, 4) is 0 Å². The highest BCUT2D eigenvalue weighted by atomic mass is 32.2. The Hall–Kier alpha value is -8.91. The Morgan fingerprint density at radius 1 is 0.537 bits per heavy atom. The number of carbonyl (C=O) groups is 13. The van der Waals surface area contributed by atoms with Crippen LogP contribution in [-0.2, 0) is 75.2 Å². The summed E-state index contributed by atoms with van der Waals surface area (Å²) in [6.45, 7) is 3.86. The molecule has 2 aliphatic rings. The number of likely N-dealkylation sites (tertiary alicyclic amines) is 2. The molecule has 13 amide bonds. The maximum absolute atomic E-state index is 14.7. The number of nitrogens with two attached hydrogens (primary N) is 7. The fourth-order valence-electron chi connectivity index (χ4n) is 11.0. The minimum absolute atomic E-state index is 0.0736. The Labute approximate surface area is 558 Å². The van der Waals surface area contributed by atoms with Crippen LogP contribution in [-0.4, -0.2) is 198 Å². The Balaban J connectivity index is 1.56. The van der Waals surface area contributed by atoms with Crippen LogP contribution < -0.4 is 82.7 Å². The Kier molecular flexibility index (Phi) is 33.9. The lowest BCUT2D eigenvalue weighted by Gasteiger charge is -2.32. The van der Waals surface area contributed by atoms with Crippen molar-refractivity contribution in [1.29, 1.82) is 0 Å². The van der Waals surface area contributed by atoms with Crippen LogP contribution in [0.4, 0.5) is 0 Å². The number of aliphatic imine (C=N–C) groups is 1. The number of thioether (sulfide) groups is 1. The van der Waals surface area contributed by atoms with Crippen molar-refractivity contribution in [2.45, 2.75) is 183 Å². The molecule has 2 aliphatic heterocycles. The Morgan fingerprint density at radius 2 is 1.01 bits per heavy atom. The van der Waals surface area contributed by atoms with E-state index in [0.29, 0.717) is 55.4 Å². The van der Waals surface area contributed by atoms with Crippen LogP contribution in [0, 0.1) is 5.92 Å². The zero-order valence-electron chi connectivity index (χ0n) is 54.5. The van der Waals surface area contributed by atoms with Crippen molar-refractivity contribution < 1.29 is 62.3 Å². The summed E-state index contributed by atoms with van der Waals surface area (Å²) in [7, 11) is 0. The van der Waals surface area contributed by atoms with Crippen molar-refractivity contribution in [2.75, 3.05) is 44.7 Å². The lowest BCUT2D eigenvalue weighted by Crippen LogP contribution is -2.60. The molecule has 0 aromatic heterocycles. The smallest absolute Gasteiger partial charge is 0.245 e. The number of nitrogens with zero attached hydrogens (tertiary/aromatic N) is 3. The Bertz CT molecular complexity index is 2960. The van der Waals surface area contributed by atoms with Gasteiger partial charge >= 0.3 is 0 Å². The number of amides is 13. The van der Waals surface area contributed by atoms with Gasteiger partial charge in [-0.1, -0.05) is 74.5 Å². The van der Waals surface area contributed by atoms with E-state index in [2.05, 4.69) is 47.5 Å². The zero-order chi connectivity index (χ0) is 70.1. The van der Waals surface area contributed by atoms with Crippen molar-refractivity contribution in [1.82, 2.24) is 52.3 Å². The van der Waals surface area contributed by atoms with E-state index in [1.807, 2.05) is 20.1 Å². The van der Waals surface area contributed by atoms with Gasteiger partial charge in [0.2, 0.25) is 76.8 Å². The van der Waals surface area contributed by atoms with E-state index in [4.69, 9.17) is 40.1 Å². The van der Waals surface area contributed by atoms with Gasteiger partial charge in [0.25, 0.3) is 0 Å². The quantitative estimate of drug-likeness (QED) is 0.0173. The highest BCUT2D eigenvalue weighted by Crippen LogP contribution is 2.24. The minimum atomic E-state index is -1.64. The second-order valence-electron chi connectivity index (χ2n) is 24.1.